The standard InChI is InChI=1S/C21H24N4O3S/c1-13-17-19(22-11-15-7-5-9-28-15)24-12-25-21(17)29-18(13)20(26)23-10-14-6-3-4-8-16(14)27-2/h3-4,6,8,12,15H,5,7,9-11H2,1-2H3,(H,23,26)(H,22,24,25)/t15-/m0/s1. The number of para-hydroxylation sites is 1. The van der Waals surface area contributed by atoms with E-state index in [1.54, 1.807) is 7.11 Å². The highest BCUT2D eigenvalue weighted by Crippen LogP contribution is 2.33. The molecule has 1 aliphatic rings. The normalized spacial score (nSPS) is 16.1. The second-order valence-corrected chi connectivity index (χ2v) is 7.97. The molecule has 0 radical (unpaired) electrons. The summed E-state index contributed by atoms with van der Waals surface area (Å²) in [5, 5.41) is 7.27. The van der Waals surface area contributed by atoms with Gasteiger partial charge >= 0.3 is 0 Å². The zero-order chi connectivity index (χ0) is 20.2. The van der Waals surface area contributed by atoms with Gasteiger partial charge in [-0.3, -0.25) is 4.79 Å². The molecule has 3 aromatic rings. The Hall–Kier alpha value is -2.71. The predicted octanol–water partition coefficient (Wildman–Crippen LogP) is 3.53. The van der Waals surface area contributed by atoms with Gasteiger partial charge in [-0.05, 0) is 31.4 Å². The van der Waals surface area contributed by atoms with Crippen molar-refractivity contribution in [3.63, 3.8) is 0 Å². The Morgan fingerprint density at radius 2 is 2.21 bits per heavy atom. The molecule has 1 fully saturated rings. The molecule has 8 heteroatoms. The molecule has 152 valence electrons. The lowest BCUT2D eigenvalue weighted by atomic mass is 10.1. The summed E-state index contributed by atoms with van der Waals surface area (Å²) in [5.74, 6) is 1.39. The summed E-state index contributed by atoms with van der Waals surface area (Å²) in [4.78, 5) is 23.1. The Labute approximate surface area is 173 Å². The van der Waals surface area contributed by atoms with Crippen LogP contribution in [-0.4, -0.2) is 42.2 Å². The van der Waals surface area contributed by atoms with Gasteiger partial charge in [0.2, 0.25) is 0 Å². The summed E-state index contributed by atoms with van der Waals surface area (Å²) in [6.45, 7) is 3.86. The van der Waals surface area contributed by atoms with E-state index in [1.165, 1.54) is 17.7 Å². The van der Waals surface area contributed by atoms with Crippen LogP contribution in [0.15, 0.2) is 30.6 Å². The summed E-state index contributed by atoms with van der Waals surface area (Å²) in [7, 11) is 1.63. The molecular weight excluding hydrogens is 388 g/mol. The van der Waals surface area contributed by atoms with Crippen molar-refractivity contribution in [3.05, 3.63) is 46.6 Å². The lowest BCUT2D eigenvalue weighted by molar-refractivity contribution is 0.0954. The van der Waals surface area contributed by atoms with E-state index in [9.17, 15) is 4.79 Å². The smallest absolute Gasteiger partial charge is 0.261 e. The number of hydrogen-bond donors (Lipinski definition) is 2. The van der Waals surface area contributed by atoms with E-state index in [2.05, 4.69) is 20.6 Å². The zero-order valence-corrected chi connectivity index (χ0v) is 17.3. The highest BCUT2D eigenvalue weighted by Gasteiger charge is 2.21. The number of methoxy groups -OCH3 is 1. The number of rotatable bonds is 7. The summed E-state index contributed by atoms with van der Waals surface area (Å²) < 4.78 is 11.0. The first-order valence-corrected chi connectivity index (χ1v) is 10.5. The van der Waals surface area contributed by atoms with Crippen LogP contribution in [0.25, 0.3) is 10.2 Å². The third kappa shape index (κ3) is 4.18. The number of carbonyl (C=O) groups is 1. The number of anilines is 1. The number of aryl methyl sites for hydroxylation is 1. The molecule has 29 heavy (non-hydrogen) atoms. The van der Waals surface area contributed by atoms with Crippen LogP contribution in [0, 0.1) is 6.92 Å². The first-order valence-electron chi connectivity index (χ1n) is 9.67. The fraction of sp³-hybridized carbons (Fsp3) is 0.381. The lowest BCUT2D eigenvalue weighted by Crippen LogP contribution is -2.22. The van der Waals surface area contributed by atoms with Gasteiger partial charge in [0.25, 0.3) is 5.91 Å². The van der Waals surface area contributed by atoms with Gasteiger partial charge in [0.15, 0.2) is 0 Å². The SMILES string of the molecule is COc1ccccc1CNC(=O)c1sc2ncnc(NC[C@@H]3CCCO3)c2c1C. The van der Waals surface area contributed by atoms with E-state index in [0.717, 1.165) is 52.4 Å². The van der Waals surface area contributed by atoms with Crippen LogP contribution in [-0.2, 0) is 11.3 Å². The molecule has 1 aliphatic heterocycles. The lowest BCUT2D eigenvalue weighted by Gasteiger charge is -2.12. The second-order valence-electron chi connectivity index (χ2n) is 6.97. The number of benzene rings is 1. The number of fused-ring (bicyclic) bond motifs is 1. The number of thiophene rings is 1. The third-order valence-corrected chi connectivity index (χ3v) is 6.28. The summed E-state index contributed by atoms with van der Waals surface area (Å²) in [6, 6.07) is 7.66. The molecule has 4 rings (SSSR count). The van der Waals surface area contributed by atoms with Crippen molar-refractivity contribution in [1.82, 2.24) is 15.3 Å². The van der Waals surface area contributed by atoms with Crippen molar-refractivity contribution in [1.29, 1.82) is 0 Å². The Balaban J connectivity index is 1.52. The van der Waals surface area contributed by atoms with Gasteiger partial charge < -0.3 is 20.1 Å². The minimum atomic E-state index is -0.124. The Kier molecular flexibility index (Phi) is 5.92. The van der Waals surface area contributed by atoms with E-state index >= 15 is 0 Å². The molecule has 0 spiro atoms. The van der Waals surface area contributed by atoms with Crippen molar-refractivity contribution < 1.29 is 14.3 Å². The van der Waals surface area contributed by atoms with Gasteiger partial charge in [0, 0.05) is 25.3 Å². The Morgan fingerprint density at radius 3 is 3.00 bits per heavy atom. The van der Waals surface area contributed by atoms with E-state index in [-0.39, 0.29) is 12.0 Å². The second kappa shape index (κ2) is 8.75. The first-order chi connectivity index (χ1) is 14.2. The van der Waals surface area contributed by atoms with Gasteiger partial charge in [-0.1, -0.05) is 18.2 Å². The number of hydrogen-bond acceptors (Lipinski definition) is 7. The van der Waals surface area contributed by atoms with Crippen molar-refractivity contribution in [2.45, 2.75) is 32.4 Å². The summed E-state index contributed by atoms with van der Waals surface area (Å²) in [5.41, 5.74) is 1.82. The van der Waals surface area contributed by atoms with Gasteiger partial charge in [-0.25, -0.2) is 9.97 Å². The summed E-state index contributed by atoms with van der Waals surface area (Å²) >= 11 is 1.38. The number of carbonyl (C=O) groups excluding carboxylic acids is 1. The number of nitrogens with zero attached hydrogens (tertiary/aromatic N) is 2. The van der Waals surface area contributed by atoms with Crippen molar-refractivity contribution in [2.24, 2.45) is 0 Å². The van der Waals surface area contributed by atoms with Crippen LogP contribution in [0.5, 0.6) is 5.75 Å². The van der Waals surface area contributed by atoms with Crippen molar-refractivity contribution >= 4 is 33.3 Å². The van der Waals surface area contributed by atoms with E-state index in [0.29, 0.717) is 18.0 Å². The van der Waals surface area contributed by atoms with E-state index in [4.69, 9.17) is 9.47 Å². The molecule has 3 heterocycles. The topological polar surface area (TPSA) is 85.4 Å². The average molecular weight is 413 g/mol. The van der Waals surface area contributed by atoms with Gasteiger partial charge in [-0.2, -0.15) is 0 Å². The van der Waals surface area contributed by atoms with Gasteiger partial charge in [0.1, 0.15) is 22.7 Å². The van der Waals surface area contributed by atoms with E-state index in [1.807, 2.05) is 31.2 Å². The third-order valence-electron chi connectivity index (χ3n) is 5.09. The number of aromatic nitrogens is 2. The van der Waals surface area contributed by atoms with Crippen LogP contribution in [0.1, 0.15) is 33.6 Å². The molecule has 0 saturated carbocycles. The van der Waals surface area contributed by atoms with E-state index < -0.39 is 0 Å². The summed E-state index contributed by atoms with van der Waals surface area (Å²) in [6.07, 6.45) is 3.90. The monoisotopic (exact) mass is 412 g/mol. The minimum Gasteiger partial charge on any atom is -0.496 e. The van der Waals surface area contributed by atoms with Crippen LogP contribution in [0.4, 0.5) is 5.82 Å². The van der Waals surface area contributed by atoms with Gasteiger partial charge in [0.05, 0.1) is 23.5 Å². The average Bonchev–Trinajstić information content (AvgIpc) is 3.39. The molecule has 1 saturated heterocycles. The van der Waals surface area contributed by atoms with Crippen LogP contribution < -0.4 is 15.4 Å². The fourth-order valence-electron chi connectivity index (χ4n) is 3.54. The Bertz CT molecular complexity index is 1010. The maximum atomic E-state index is 12.9. The molecule has 7 nitrogen and oxygen atoms in total. The molecule has 1 amide bonds. The maximum absolute atomic E-state index is 12.9. The minimum absolute atomic E-state index is 0.124. The number of nitrogens with one attached hydrogen (secondary N) is 2. The Morgan fingerprint density at radius 1 is 1.34 bits per heavy atom. The predicted molar refractivity (Wildman–Crippen MR) is 114 cm³/mol. The van der Waals surface area contributed by atoms with Crippen molar-refractivity contribution in [2.75, 3.05) is 25.6 Å². The van der Waals surface area contributed by atoms with Gasteiger partial charge in [-0.15, -0.1) is 11.3 Å². The highest BCUT2D eigenvalue weighted by molar-refractivity contribution is 7.20. The molecule has 2 aromatic heterocycles. The molecule has 1 aromatic carbocycles. The first kappa shape index (κ1) is 19.6. The zero-order valence-electron chi connectivity index (χ0n) is 16.5. The molecule has 1 atom stereocenters. The number of amides is 1. The molecule has 0 bridgehead atoms. The van der Waals surface area contributed by atoms with Crippen LogP contribution in [0.2, 0.25) is 0 Å². The largest absolute Gasteiger partial charge is 0.496 e. The molecule has 0 unspecified atom stereocenters. The number of ether oxygens (including phenoxy) is 2. The van der Waals surface area contributed by atoms with Crippen LogP contribution in [0.3, 0.4) is 0 Å². The molecular formula is C21H24N4O3S. The quantitative estimate of drug-likeness (QED) is 0.618. The highest BCUT2D eigenvalue weighted by atomic mass is 32.1. The maximum Gasteiger partial charge on any atom is 0.261 e. The molecule has 2 N–H and O–H groups in total. The fourth-order valence-corrected chi connectivity index (χ4v) is 4.61. The van der Waals surface area contributed by atoms with Crippen molar-refractivity contribution in [3.8, 4) is 5.75 Å². The van der Waals surface area contributed by atoms with Crippen LogP contribution >= 0.6 is 11.3 Å². The molecule has 0 aliphatic carbocycles.